The third-order valence-corrected chi connectivity index (χ3v) is 1.66. The van der Waals surface area contributed by atoms with Crippen molar-refractivity contribution in [3.05, 3.63) is 30.3 Å². The summed E-state index contributed by atoms with van der Waals surface area (Å²) in [5.74, 6) is 5.20. The minimum Gasteiger partial charge on any atom is -0.325 e. The summed E-state index contributed by atoms with van der Waals surface area (Å²) in [6.07, 6.45) is 1.13. The molecule has 0 radical (unpaired) electrons. The standard InChI is InChI=1S/C10H14N2O2/c1-2-6-10(13)14-12(11)9-7-4-3-5-8-9/h3-5,7-8H,2,6,11H2,1H3. The first-order chi connectivity index (χ1) is 6.74. The van der Waals surface area contributed by atoms with Crippen molar-refractivity contribution in [1.29, 1.82) is 0 Å². The van der Waals surface area contributed by atoms with Crippen LogP contribution in [0.4, 0.5) is 5.69 Å². The number of carbonyl (C=O) groups is 1. The molecule has 0 saturated heterocycles. The molecule has 4 nitrogen and oxygen atoms in total. The Kier molecular flexibility index (Phi) is 3.94. The van der Waals surface area contributed by atoms with E-state index in [0.29, 0.717) is 12.1 Å². The van der Waals surface area contributed by atoms with E-state index >= 15 is 0 Å². The van der Waals surface area contributed by atoms with Crippen LogP contribution in [0.1, 0.15) is 19.8 Å². The lowest BCUT2D eigenvalue weighted by Gasteiger charge is -2.16. The molecule has 0 amide bonds. The molecule has 1 aromatic rings. The van der Waals surface area contributed by atoms with E-state index in [2.05, 4.69) is 0 Å². The van der Waals surface area contributed by atoms with Gasteiger partial charge in [-0.3, -0.25) is 0 Å². The van der Waals surface area contributed by atoms with E-state index in [9.17, 15) is 4.79 Å². The molecule has 4 heteroatoms. The van der Waals surface area contributed by atoms with Crippen LogP contribution in [0, 0.1) is 0 Å². The van der Waals surface area contributed by atoms with Crippen LogP contribution in [0.25, 0.3) is 0 Å². The van der Waals surface area contributed by atoms with E-state index in [4.69, 9.17) is 10.7 Å². The first-order valence-electron chi connectivity index (χ1n) is 4.54. The highest BCUT2D eigenvalue weighted by atomic mass is 16.7. The summed E-state index contributed by atoms with van der Waals surface area (Å²) in [5.41, 5.74) is 0.650. The Labute approximate surface area is 83.2 Å². The molecule has 2 N–H and O–H groups in total. The smallest absolute Gasteiger partial charge is 0.325 e. The van der Waals surface area contributed by atoms with Crippen molar-refractivity contribution >= 4 is 11.7 Å². The van der Waals surface area contributed by atoms with Crippen LogP contribution in [-0.4, -0.2) is 5.97 Å². The van der Waals surface area contributed by atoms with Gasteiger partial charge in [0, 0.05) is 6.42 Å². The summed E-state index contributed by atoms with van der Waals surface area (Å²) in [5, 5.41) is 0.984. The van der Waals surface area contributed by atoms with Gasteiger partial charge in [-0.15, -0.1) is 5.17 Å². The summed E-state index contributed by atoms with van der Waals surface area (Å²) in [4.78, 5) is 15.9. The molecule has 0 heterocycles. The number of rotatable bonds is 4. The maximum atomic E-state index is 11.1. The topological polar surface area (TPSA) is 55.6 Å². The average Bonchev–Trinajstić information content (AvgIpc) is 2.19. The van der Waals surface area contributed by atoms with E-state index < -0.39 is 0 Å². The first kappa shape index (κ1) is 10.5. The SMILES string of the molecule is CCCC(=O)ON(N)c1ccccc1. The number of benzene rings is 1. The van der Waals surface area contributed by atoms with Gasteiger partial charge in [-0.25, -0.2) is 10.6 Å². The summed E-state index contributed by atoms with van der Waals surface area (Å²) in [7, 11) is 0. The minimum atomic E-state index is -0.321. The van der Waals surface area contributed by atoms with Gasteiger partial charge in [0.2, 0.25) is 0 Å². The predicted molar refractivity (Wildman–Crippen MR) is 54.1 cm³/mol. The van der Waals surface area contributed by atoms with Crippen LogP contribution in [0.2, 0.25) is 0 Å². The molecule has 0 unspecified atom stereocenters. The molecular formula is C10H14N2O2. The Morgan fingerprint density at radius 3 is 2.64 bits per heavy atom. The fourth-order valence-electron chi connectivity index (χ4n) is 0.987. The van der Waals surface area contributed by atoms with Gasteiger partial charge < -0.3 is 4.84 Å². The van der Waals surface area contributed by atoms with E-state index in [1.807, 2.05) is 25.1 Å². The molecule has 1 aromatic carbocycles. The number of carbonyl (C=O) groups excluding carboxylic acids is 1. The Morgan fingerprint density at radius 1 is 1.43 bits per heavy atom. The summed E-state index contributed by atoms with van der Waals surface area (Å²) >= 11 is 0. The zero-order valence-corrected chi connectivity index (χ0v) is 8.14. The fourth-order valence-corrected chi connectivity index (χ4v) is 0.987. The van der Waals surface area contributed by atoms with Gasteiger partial charge in [-0.1, -0.05) is 25.1 Å². The van der Waals surface area contributed by atoms with Gasteiger partial charge in [0.25, 0.3) is 0 Å². The lowest BCUT2D eigenvalue weighted by Crippen LogP contribution is -2.33. The molecule has 0 aromatic heterocycles. The van der Waals surface area contributed by atoms with Crippen molar-refractivity contribution in [3.8, 4) is 0 Å². The van der Waals surface area contributed by atoms with Crippen LogP contribution in [0.15, 0.2) is 30.3 Å². The maximum absolute atomic E-state index is 11.1. The molecule has 0 aliphatic carbocycles. The number of hydrogen-bond acceptors (Lipinski definition) is 4. The zero-order valence-electron chi connectivity index (χ0n) is 8.14. The molecule has 1 rings (SSSR count). The highest BCUT2D eigenvalue weighted by Gasteiger charge is 2.07. The van der Waals surface area contributed by atoms with Crippen molar-refractivity contribution in [2.75, 3.05) is 5.17 Å². The normalized spacial score (nSPS) is 9.57. The van der Waals surface area contributed by atoms with Crippen LogP contribution < -0.4 is 11.0 Å². The second kappa shape index (κ2) is 5.24. The van der Waals surface area contributed by atoms with E-state index in [1.165, 1.54) is 0 Å². The number of hydrazine groups is 1. The Morgan fingerprint density at radius 2 is 2.07 bits per heavy atom. The fraction of sp³-hybridized carbons (Fsp3) is 0.300. The van der Waals surface area contributed by atoms with Crippen LogP contribution in [-0.2, 0) is 9.63 Å². The van der Waals surface area contributed by atoms with Gasteiger partial charge >= 0.3 is 5.97 Å². The predicted octanol–water partition coefficient (Wildman–Crippen LogP) is 1.63. The van der Waals surface area contributed by atoms with E-state index in [1.54, 1.807) is 12.1 Å². The van der Waals surface area contributed by atoms with Gasteiger partial charge in [0.15, 0.2) is 0 Å². The molecule has 0 spiro atoms. The first-order valence-corrected chi connectivity index (χ1v) is 4.54. The van der Waals surface area contributed by atoms with Crippen LogP contribution in [0.5, 0.6) is 0 Å². The second-order valence-corrected chi connectivity index (χ2v) is 2.87. The number of hydrogen-bond donors (Lipinski definition) is 1. The third kappa shape index (κ3) is 3.06. The number of anilines is 1. The van der Waals surface area contributed by atoms with Crippen molar-refractivity contribution in [3.63, 3.8) is 0 Å². The van der Waals surface area contributed by atoms with Crippen molar-refractivity contribution in [2.24, 2.45) is 5.84 Å². The lowest BCUT2D eigenvalue weighted by atomic mass is 10.3. The Hall–Kier alpha value is -1.55. The van der Waals surface area contributed by atoms with Gasteiger partial charge in [0.05, 0.1) is 5.69 Å². The van der Waals surface area contributed by atoms with Crippen LogP contribution in [0.3, 0.4) is 0 Å². The Balaban J connectivity index is 2.50. The molecule has 14 heavy (non-hydrogen) atoms. The second-order valence-electron chi connectivity index (χ2n) is 2.87. The molecular weight excluding hydrogens is 180 g/mol. The minimum absolute atomic E-state index is 0.321. The van der Waals surface area contributed by atoms with Crippen molar-refractivity contribution in [1.82, 2.24) is 0 Å². The van der Waals surface area contributed by atoms with E-state index in [-0.39, 0.29) is 5.97 Å². The summed E-state index contributed by atoms with van der Waals surface area (Å²) < 4.78 is 0. The Bertz CT molecular complexity index is 287. The summed E-state index contributed by atoms with van der Waals surface area (Å²) in [6, 6.07) is 9.04. The number of nitrogens with two attached hydrogens (primary N) is 1. The van der Waals surface area contributed by atoms with Crippen molar-refractivity contribution < 1.29 is 9.63 Å². The van der Waals surface area contributed by atoms with Crippen LogP contribution >= 0.6 is 0 Å². The van der Waals surface area contributed by atoms with Gasteiger partial charge in [0.1, 0.15) is 0 Å². The molecule has 0 aliphatic rings. The quantitative estimate of drug-likeness (QED) is 0.584. The molecule has 0 saturated carbocycles. The molecule has 0 bridgehead atoms. The molecule has 76 valence electrons. The third-order valence-electron chi connectivity index (χ3n) is 1.66. The van der Waals surface area contributed by atoms with Gasteiger partial charge in [-0.2, -0.15) is 0 Å². The maximum Gasteiger partial charge on any atom is 0.334 e. The van der Waals surface area contributed by atoms with Gasteiger partial charge in [-0.05, 0) is 18.6 Å². The highest BCUT2D eigenvalue weighted by Crippen LogP contribution is 2.09. The highest BCUT2D eigenvalue weighted by molar-refractivity contribution is 5.70. The monoisotopic (exact) mass is 194 g/mol. The molecule has 0 fully saturated rings. The van der Waals surface area contributed by atoms with Crippen molar-refractivity contribution in [2.45, 2.75) is 19.8 Å². The number of nitrogens with zero attached hydrogens (tertiary/aromatic N) is 1. The zero-order chi connectivity index (χ0) is 10.4. The largest absolute Gasteiger partial charge is 0.334 e. The summed E-state index contributed by atoms with van der Waals surface area (Å²) in [6.45, 7) is 1.91. The molecule has 0 atom stereocenters. The lowest BCUT2D eigenvalue weighted by molar-refractivity contribution is -0.145. The number of para-hydroxylation sites is 1. The molecule has 0 aliphatic heterocycles. The van der Waals surface area contributed by atoms with E-state index in [0.717, 1.165) is 11.6 Å². The average molecular weight is 194 g/mol.